The Morgan fingerprint density at radius 1 is 1.29 bits per heavy atom. The number of piperidine rings is 1. The molecule has 1 rings (SSSR count). The third-order valence-electron chi connectivity index (χ3n) is 2.40. The van der Waals surface area contributed by atoms with Gasteiger partial charge in [-0.1, -0.05) is 6.42 Å². The van der Waals surface area contributed by atoms with Gasteiger partial charge < -0.3 is 5.73 Å². The second-order valence-electron chi connectivity index (χ2n) is 3.47. The molecule has 1 aliphatic heterocycles. The number of nitrogens with zero attached hydrogens (tertiary/aromatic N) is 1. The van der Waals surface area contributed by atoms with Crippen LogP contribution in [0.4, 0.5) is 13.2 Å². The van der Waals surface area contributed by atoms with Gasteiger partial charge in [0.2, 0.25) is 0 Å². The Bertz CT molecular complexity index is 163. The van der Waals surface area contributed by atoms with E-state index in [2.05, 4.69) is 0 Å². The summed E-state index contributed by atoms with van der Waals surface area (Å²) in [5.41, 5.74) is 5.40. The zero-order valence-electron chi connectivity index (χ0n) is 7.89. The highest BCUT2D eigenvalue weighted by Crippen LogP contribution is 2.22. The van der Waals surface area contributed by atoms with E-state index in [9.17, 15) is 13.2 Å². The summed E-state index contributed by atoms with van der Waals surface area (Å²) >= 11 is 0. The molecular weight excluding hydrogens is 217 g/mol. The molecule has 1 heterocycles. The molecule has 1 fully saturated rings. The topological polar surface area (TPSA) is 29.3 Å². The SMILES string of the molecule is Cl.NCC1CCCCN1CC(F)(F)F. The number of hydrogen-bond acceptors (Lipinski definition) is 2. The number of nitrogens with two attached hydrogens (primary N) is 1. The van der Waals surface area contributed by atoms with Gasteiger partial charge in [-0.2, -0.15) is 13.2 Å². The standard InChI is InChI=1S/C8H15F3N2.ClH/c9-8(10,11)6-13-4-2-1-3-7(13)5-12;/h7H,1-6,12H2;1H. The highest BCUT2D eigenvalue weighted by Gasteiger charge is 2.34. The molecule has 0 aliphatic carbocycles. The predicted octanol–water partition coefficient (Wildman–Crippen LogP) is 1.78. The van der Waals surface area contributed by atoms with Crippen LogP contribution in [0, 0.1) is 0 Å². The van der Waals surface area contributed by atoms with E-state index < -0.39 is 12.7 Å². The van der Waals surface area contributed by atoms with Gasteiger partial charge in [-0.25, -0.2) is 0 Å². The smallest absolute Gasteiger partial charge is 0.329 e. The van der Waals surface area contributed by atoms with Crippen molar-refractivity contribution in [1.82, 2.24) is 4.90 Å². The van der Waals surface area contributed by atoms with Crippen molar-refractivity contribution in [3.8, 4) is 0 Å². The predicted molar refractivity (Wildman–Crippen MR) is 51.6 cm³/mol. The lowest BCUT2D eigenvalue weighted by molar-refractivity contribution is -0.152. The normalized spacial score (nSPS) is 24.4. The summed E-state index contributed by atoms with van der Waals surface area (Å²) in [7, 11) is 0. The van der Waals surface area contributed by atoms with Gasteiger partial charge in [0, 0.05) is 12.6 Å². The van der Waals surface area contributed by atoms with Crippen LogP contribution in [-0.2, 0) is 0 Å². The van der Waals surface area contributed by atoms with Crippen molar-refractivity contribution in [2.45, 2.75) is 31.5 Å². The van der Waals surface area contributed by atoms with E-state index in [4.69, 9.17) is 5.73 Å². The molecule has 86 valence electrons. The first kappa shape index (κ1) is 14.0. The molecule has 14 heavy (non-hydrogen) atoms. The van der Waals surface area contributed by atoms with E-state index in [1.807, 2.05) is 0 Å². The van der Waals surface area contributed by atoms with Crippen LogP contribution in [0.1, 0.15) is 19.3 Å². The van der Waals surface area contributed by atoms with E-state index in [0.717, 1.165) is 19.3 Å². The van der Waals surface area contributed by atoms with Crippen LogP contribution in [0.15, 0.2) is 0 Å². The Morgan fingerprint density at radius 2 is 1.93 bits per heavy atom. The number of halogens is 4. The number of likely N-dealkylation sites (tertiary alicyclic amines) is 1. The van der Waals surface area contributed by atoms with Gasteiger partial charge in [-0.3, -0.25) is 4.90 Å². The largest absolute Gasteiger partial charge is 0.401 e. The molecule has 1 atom stereocenters. The molecule has 0 aromatic heterocycles. The van der Waals surface area contributed by atoms with Gasteiger partial charge in [0.05, 0.1) is 6.54 Å². The molecule has 0 saturated carbocycles. The van der Waals surface area contributed by atoms with Gasteiger partial charge in [0.15, 0.2) is 0 Å². The summed E-state index contributed by atoms with van der Waals surface area (Å²) in [6.07, 6.45) is -1.44. The molecule has 0 amide bonds. The van der Waals surface area contributed by atoms with Crippen molar-refractivity contribution >= 4 is 12.4 Å². The third-order valence-corrected chi connectivity index (χ3v) is 2.40. The molecule has 1 saturated heterocycles. The lowest BCUT2D eigenvalue weighted by atomic mass is 10.0. The van der Waals surface area contributed by atoms with Gasteiger partial charge in [-0.15, -0.1) is 12.4 Å². The highest BCUT2D eigenvalue weighted by atomic mass is 35.5. The van der Waals surface area contributed by atoms with E-state index >= 15 is 0 Å². The van der Waals surface area contributed by atoms with E-state index in [-0.39, 0.29) is 18.4 Å². The summed E-state index contributed by atoms with van der Waals surface area (Å²) in [6.45, 7) is 0.0479. The van der Waals surface area contributed by atoms with Gasteiger partial charge in [0.1, 0.15) is 0 Å². The number of rotatable bonds is 2. The monoisotopic (exact) mass is 232 g/mol. The molecule has 0 aromatic rings. The van der Waals surface area contributed by atoms with Crippen LogP contribution in [0.3, 0.4) is 0 Å². The van der Waals surface area contributed by atoms with Gasteiger partial charge in [-0.05, 0) is 19.4 Å². The Morgan fingerprint density at radius 3 is 2.43 bits per heavy atom. The molecule has 0 radical (unpaired) electrons. The van der Waals surface area contributed by atoms with Crippen molar-refractivity contribution in [3.05, 3.63) is 0 Å². The van der Waals surface area contributed by atoms with E-state index in [1.165, 1.54) is 4.90 Å². The summed E-state index contributed by atoms with van der Waals surface area (Å²) in [5.74, 6) is 0. The Labute approximate surface area is 88.0 Å². The van der Waals surface area contributed by atoms with Crippen LogP contribution in [-0.4, -0.2) is 36.8 Å². The fraction of sp³-hybridized carbons (Fsp3) is 1.00. The molecule has 2 N–H and O–H groups in total. The molecule has 0 aromatic carbocycles. The molecule has 0 spiro atoms. The zero-order chi connectivity index (χ0) is 9.90. The number of hydrogen-bond donors (Lipinski definition) is 1. The minimum absolute atomic E-state index is 0. The van der Waals surface area contributed by atoms with Crippen molar-refractivity contribution in [1.29, 1.82) is 0 Å². The van der Waals surface area contributed by atoms with Crippen LogP contribution in [0.5, 0.6) is 0 Å². The molecule has 1 unspecified atom stereocenters. The minimum Gasteiger partial charge on any atom is -0.329 e. The van der Waals surface area contributed by atoms with Gasteiger partial charge in [0.25, 0.3) is 0 Å². The molecular formula is C8H16ClF3N2. The summed E-state index contributed by atoms with van der Waals surface area (Å²) < 4.78 is 36.2. The second kappa shape index (κ2) is 5.78. The van der Waals surface area contributed by atoms with E-state index in [0.29, 0.717) is 13.1 Å². The van der Waals surface area contributed by atoms with Crippen LogP contribution in [0.25, 0.3) is 0 Å². The van der Waals surface area contributed by atoms with Crippen LogP contribution < -0.4 is 5.73 Å². The maximum Gasteiger partial charge on any atom is 0.401 e. The zero-order valence-corrected chi connectivity index (χ0v) is 8.70. The Hall–Kier alpha value is -0.0000000000000000555. The summed E-state index contributed by atoms with van der Waals surface area (Å²) in [6, 6.07) is -0.0737. The Balaban J connectivity index is 0.00000169. The summed E-state index contributed by atoms with van der Waals surface area (Å²) in [4.78, 5) is 1.45. The molecule has 1 aliphatic rings. The van der Waals surface area contributed by atoms with Crippen molar-refractivity contribution in [2.75, 3.05) is 19.6 Å². The fourth-order valence-corrected chi connectivity index (χ4v) is 1.77. The fourth-order valence-electron chi connectivity index (χ4n) is 1.77. The number of alkyl halides is 3. The third kappa shape index (κ3) is 4.48. The van der Waals surface area contributed by atoms with Crippen LogP contribution in [0.2, 0.25) is 0 Å². The summed E-state index contributed by atoms with van der Waals surface area (Å²) in [5, 5.41) is 0. The average Bonchev–Trinajstić information content (AvgIpc) is 2.02. The first-order chi connectivity index (χ1) is 6.03. The maximum absolute atomic E-state index is 12.1. The molecule has 0 bridgehead atoms. The second-order valence-corrected chi connectivity index (χ2v) is 3.47. The quantitative estimate of drug-likeness (QED) is 0.787. The first-order valence-corrected chi connectivity index (χ1v) is 4.54. The molecule has 6 heteroatoms. The average molecular weight is 233 g/mol. The lowest BCUT2D eigenvalue weighted by Gasteiger charge is -2.35. The van der Waals surface area contributed by atoms with E-state index in [1.54, 1.807) is 0 Å². The van der Waals surface area contributed by atoms with Crippen LogP contribution >= 0.6 is 12.4 Å². The van der Waals surface area contributed by atoms with Crippen molar-refractivity contribution in [3.63, 3.8) is 0 Å². The Kier molecular flexibility index (Phi) is 5.78. The first-order valence-electron chi connectivity index (χ1n) is 4.54. The minimum atomic E-state index is -4.09. The highest BCUT2D eigenvalue weighted by molar-refractivity contribution is 5.85. The van der Waals surface area contributed by atoms with Gasteiger partial charge >= 0.3 is 6.18 Å². The van der Waals surface area contributed by atoms with Crippen molar-refractivity contribution < 1.29 is 13.2 Å². The molecule has 2 nitrogen and oxygen atoms in total. The lowest BCUT2D eigenvalue weighted by Crippen LogP contribution is -2.48. The maximum atomic E-state index is 12.1. The van der Waals surface area contributed by atoms with Crippen molar-refractivity contribution in [2.24, 2.45) is 5.73 Å².